The largest absolute Gasteiger partial charge is 0.395 e. The van der Waals surface area contributed by atoms with E-state index in [0.29, 0.717) is 19.6 Å². The number of nitrogens with one attached hydrogen (secondary N) is 1. The van der Waals surface area contributed by atoms with Gasteiger partial charge in [0.25, 0.3) is 0 Å². The Morgan fingerprint density at radius 3 is 2.88 bits per heavy atom. The molecule has 0 saturated carbocycles. The summed E-state index contributed by atoms with van der Waals surface area (Å²) in [5.41, 5.74) is 5.06. The first-order chi connectivity index (χ1) is 8.00. The quantitative estimate of drug-likeness (QED) is 0.774. The van der Waals surface area contributed by atoms with Gasteiger partial charge in [0.05, 0.1) is 12.3 Å². The molecule has 17 heavy (non-hydrogen) atoms. The number of hydrogen-bond acceptors (Lipinski definition) is 4. The van der Waals surface area contributed by atoms with Gasteiger partial charge in [-0.25, -0.2) is 17.5 Å². The minimum absolute atomic E-state index is 0.232. The first-order valence-electron chi connectivity index (χ1n) is 5.15. The second kappa shape index (κ2) is 4.59. The number of sulfonamides is 1. The fraction of sp³-hybridized carbons (Fsp3) is 0.400. The third-order valence-electron chi connectivity index (χ3n) is 2.55. The highest BCUT2D eigenvalue weighted by Gasteiger charge is 2.25. The van der Waals surface area contributed by atoms with Gasteiger partial charge in [0.2, 0.25) is 10.0 Å². The lowest BCUT2D eigenvalue weighted by atomic mass is 10.3. The van der Waals surface area contributed by atoms with Crippen LogP contribution in [0.1, 0.15) is 6.42 Å². The van der Waals surface area contributed by atoms with Crippen molar-refractivity contribution in [3.8, 4) is 0 Å². The van der Waals surface area contributed by atoms with Crippen LogP contribution in [0.5, 0.6) is 0 Å². The SMILES string of the molecule is Nc1c(F)cccc1S(=O)(=O)NC1CCOC1. The van der Waals surface area contributed by atoms with Crippen LogP contribution in [-0.4, -0.2) is 27.7 Å². The maximum Gasteiger partial charge on any atom is 0.243 e. The molecule has 3 N–H and O–H groups in total. The van der Waals surface area contributed by atoms with Crippen LogP contribution in [0.2, 0.25) is 0 Å². The van der Waals surface area contributed by atoms with Crippen molar-refractivity contribution in [1.29, 1.82) is 0 Å². The maximum atomic E-state index is 13.2. The fourth-order valence-electron chi connectivity index (χ4n) is 1.66. The van der Waals surface area contributed by atoms with Crippen LogP contribution in [0, 0.1) is 5.82 Å². The summed E-state index contributed by atoms with van der Waals surface area (Å²) in [6.07, 6.45) is 0.606. The summed E-state index contributed by atoms with van der Waals surface area (Å²) in [6.45, 7) is 0.847. The number of anilines is 1. The van der Waals surface area contributed by atoms with Gasteiger partial charge in [-0.15, -0.1) is 0 Å². The summed E-state index contributed by atoms with van der Waals surface area (Å²) in [4.78, 5) is -0.232. The minimum atomic E-state index is -3.79. The van der Waals surface area contributed by atoms with E-state index in [1.54, 1.807) is 0 Å². The Kier molecular flexibility index (Phi) is 3.32. The number of halogens is 1. The zero-order valence-corrected chi connectivity index (χ0v) is 9.84. The van der Waals surface area contributed by atoms with E-state index in [0.717, 1.165) is 6.07 Å². The van der Waals surface area contributed by atoms with Crippen molar-refractivity contribution < 1.29 is 17.5 Å². The smallest absolute Gasteiger partial charge is 0.243 e. The van der Waals surface area contributed by atoms with Gasteiger partial charge in [0, 0.05) is 12.6 Å². The lowest BCUT2D eigenvalue weighted by Crippen LogP contribution is -2.35. The van der Waals surface area contributed by atoms with Gasteiger partial charge in [0.1, 0.15) is 10.7 Å². The molecule has 1 fully saturated rings. The highest BCUT2D eigenvalue weighted by molar-refractivity contribution is 7.89. The van der Waals surface area contributed by atoms with E-state index < -0.39 is 15.8 Å². The summed E-state index contributed by atoms with van der Waals surface area (Å²) < 4.78 is 44.6. The third kappa shape index (κ3) is 2.56. The monoisotopic (exact) mass is 260 g/mol. The summed E-state index contributed by atoms with van der Waals surface area (Å²) in [6, 6.07) is 3.43. The predicted molar refractivity (Wildman–Crippen MR) is 60.4 cm³/mol. The minimum Gasteiger partial charge on any atom is -0.395 e. The van der Waals surface area contributed by atoms with E-state index in [-0.39, 0.29) is 16.6 Å². The van der Waals surface area contributed by atoms with Crippen LogP contribution in [0.4, 0.5) is 10.1 Å². The topological polar surface area (TPSA) is 81.4 Å². The molecule has 0 radical (unpaired) electrons. The summed E-state index contributed by atoms with van der Waals surface area (Å²) in [7, 11) is -3.79. The van der Waals surface area contributed by atoms with Crippen molar-refractivity contribution in [2.75, 3.05) is 18.9 Å². The van der Waals surface area contributed by atoms with Gasteiger partial charge in [-0.1, -0.05) is 6.07 Å². The molecular formula is C10H13FN2O3S. The second-order valence-electron chi connectivity index (χ2n) is 3.83. The molecule has 1 saturated heterocycles. The summed E-state index contributed by atoms with van der Waals surface area (Å²) >= 11 is 0. The highest BCUT2D eigenvalue weighted by atomic mass is 32.2. The number of ether oxygens (including phenoxy) is 1. The van der Waals surface area contributed by atoms with Crippen LogP contribution in [0.25, 0.3) is 0 Å². The summed E-state index contributed by atoms with van der Waals surface area (Å²) in [5.74, 6) is -0.740. The predicted octanol–water partition coefficient (Wildman–Crippen LogP) is 0.475. The van der Waals surface area contributed by atoms with Crippen molar-refractivity contribution in [2.45, 2.75) is 17.4 Å². The number of nitrogens with two attached hydrogens (primary N) is 1. The molecular weight excluding hydrogens is 247 g/mol. The first kappa shape index (κ1) is 12.3. The Morgan fingerprint density at radius 2 is 2.24 bits per heavy atom. The lowest BCUT2D eigenvalue weighted by molar-refractivity contribution is 0.192. The van der Waals surface area contributed by atoms with E-state index in [1.165, 1.54) is 12.1 Å². The van der Waals surface area contributed by atoms with E-state index in [1.807, 2.05) is 0 Å². The van der Waals surface area contributed by atoms with Crippen molar-refractivity contribution in [1.82, 2.24) is 4.72 Å². The molecule has 1 atom stereocenters. The van der Waals surface area contributed by atoms with Crippen LogP contribution in [-0.2, 0) is 14.8 Å². The highest BCUT2D eigenvalue weighted by Crippen LogP contribution is 2.21. The molecule has 5 nitrogen and oxygen atoms in total. The van der Waals surface area contributed by atoms with E-state index >= 15 is 0 Å². The lowest BCUT2D eigenvalue weighted by Gasteiger charge is -2.13. The second-order valence-corrected chi connectivity index (χ2v) is 5.52. The molecule has 1 unspecified atom stereocenters. The van der Waals surface area contributed by atoms with Gasteiger partial charge in [-0.05, 0) is 18.6 Å². The number of para-hydroxylation sites is 1. The number of rotatable bonds is 3. The molecule has 1 aromatic carbocycles. The van der Waals surface area contributed by atoms with Crippen LogP contribution in [0.3, 0.4) is 0 Å². The van der Waals surface area contributed by atoms with E-state index in [4.69, 9.17) is 10.5 Å². The molecule has 1 aliphatic rings. The number of benzene rings is 1. The molecule has 1 aromatic rings. The van der Waals surface area contributed by atoms with Gasteiger partial charge in [0.15, 0.2) is 0 Å². The Hall–Kier alpha value is -1.18. The van der Waals surface area contributed by atoms with Crippen molar-refractivity contribution in [2.24, 2.45) is 0 Å². The average Bonchev–Trinajstić information content (AvgIpc) is 2.73. The summed E-state index contributed by atoms with van der Waals surface area (Å²) in [5, 5.41) is 0. The number of hydrogen-bond donors (Lipinski definition) is 2. The zero-order chi connectivity index (χ0) is 12.5. The van der Waals surface area contributed by atoms with Crippen LogP contribution >= 0.6 is 0 Å². The van der Waals surface area contributed by atoms with Gasteiger partial charge in [-0.2, -0.15) is 0 Å². The Bertz CT molecular complexity index is 512. The molecule has 0 spiro atoms. The van der Waals surface area contributed by atoms with Gasteiger partial charge < -0.3 is 10.5 Å². The molecule has 1 aliphatic heterocycles. The van der Waals surface area contributed by atoms with E-state index in [9.17, 15) is 12.8 Å². The molecule has 94 valence electrons. The first-order valence-corrected chi connectivity index (χ1v) is 6.63. The molecule has 7 heteroatoms. The molecule has 0 bridgehead atoms. The fourth-order valence-corrected chi connectivity index (χ4v) is 3.06. The van der Waals surface area contributed by atoms with Crippen LogP contribution < -0.4 is 10.5 Å². The zero-order valence-electron chi connectivity index (χ0n) is 9.02. The molecule has 1 heterocycles. The number of nitrogen functional groups attached to an aromatic ring is 1. The van der Waals surface area contributed by atoms with Gasteiger partial charge in [-0.3, -0.25) is 0 Å². The van der Waals surface area contributed by atoms with Crippen molar-refractivity contribution >= 4 is 15.7 Å². The maximum absolute atomic E-state index is 13.2. The normalized spacial score (nSPS) is 20.6. The Labute approximate surface area is 98.8 Å². The average molecular weight is 260 g/mol. The molecule has 0 amide bonds. The van der Waals surface area contributed by atoms with Crippen molar-refractivity contribution in [3.63, 3.8) is 0 Å². The molecule has 0 aliphatic carbocycles. The van der Waals surface area contributed by atoms with Crippen LogP contribution in [0.15, 0.2) is 23.1 Å². The third-order valence-corrected chi connectivity index (χ3v) is 4.13. The Balaban J connectivity index is 2.28. The standard InChI is InChI=1S/C10H13FN2O3S/c11-8-2-1-3-9(10(8)12)17(14,15)13-7-4-5-16-6-7/h1-3,7,13H,4-6,12H2. The van der Waals surface area contributed by atoms with E-state index in [2.05, 4.69) is 4.72 Å². The van der Waals surface area contributed by atoms with Crippen molar-refractivity contribution in [3.05, 3.63) is 24.0 Å². The van der Waals surface area contributed by atoms with Gasteiger partial charge >= 0.3 is 0 Å². The Morgan fingerprint density at radius 1 is 1.47 bits per heavy atom. The molecule has 0 aromatic heterocycles. The molecule has 2 rings (SSSR count).